The average molecular weight is 168 g/mol. The zero-order valence-corrected chi connectivity index (χ0v) is 9.40. The van der Waals surface area contributed by atoms with Crippen molar-refractivity contribution in [1.82, 2.24) is 0 Å². The first kappa shape index (κ1) is 12.1. The standard InChI is InChI=1S/C11H25B/c1-4-10(3)8-6-7-9-11(12)5-2/h10-11H,4-9,12H2,1-3H3. The van der Waals surface area contributed by atoms with Crippen LogP contribution in [0.3, 0.4) is 0 Å². The molecule has 0 aromatic carbocycles. The molecule has 0 aromatic heterocycles. The molecule has 0 N–H and O–H groups in total. The monoisotopic (exact) mass is 168 g/mol. The Morgan fingerprint density at radius 2 is 1.58 bits per heavy atom. The van der Waals surface area contributed by atoms with E-state index in [4.69, 9.17) is 0 Å². The van der Waals surface area contributed by atoms with Gasteiger partial charge in [0.1, 0.15) is 7.85 Å². The van der Waals surface area contributed by atoms with Crippen molar-refractivity contribution in [2.45, 2.75) is 65.1 Å². The maximum atomic E-state index is 2.36. The van der Waals surface area contributed by atoms with Crippen molar-refractivity contribution >= 4 is 7.85 Å². The predicted octanol–water partition coefficient (Wildman–Crippen LogP) is 3.42. The van der Waals surface area contributed by atoms with E-state index >= 15 is 0 Å². The summed E-state index contributed by atoms with van der Waals surface area (Å²) in [5, 5.41) is 0. The minimum atomic E-state index is 0.946. The fraction of sp³-hybridized carbons (Fsp3) is 1.00. The molecule has 0 aliphatic rings. The molecule has 1 heteroatoms. The van der Waals surface area contributed by atoms with Gasteiger partial charge in [-0.2, -0.15) is 0 Å². The van der Waals surface area contributed by atoms with Gasteiger partial charge >= 0.3 is 0 Å². The molecule has 12 heavy (non-hydrogen) atoms. The lowest BCUT2D eigenvalue weighted by molar-refractivity contribution is 0.474. The normalized spacial score (nSPS) is 15.9. The van der Waals surface area contributed by atoms with E-state index in [0.29, 0.717) is 0 Å². The molecular formula is C11H25B. The maximum absolute atomic E-state index is 2.36. The first-order valence-corrected chi connectivity index (χ1v) is 5.70. The lowest BCUT2D eigenvalue weighted by atomic mass is 9.81. The van der Waals surface area contributed by atoms with Crippen LogP contribution in [-0.2, 0) is 0 Å². The lowest BCUT2D eigenvalue weighted by Crippen LogP contribution is -1.94. The van der Waals surface area contributed by atoms with Crippen LogP contribution in [0, 0.1) is 5.92 Å². The highest BCUT2D eigenvalue weighted by Gasteiger charge is 2.00. The molecule has 2 unspecified atom stereocenters. The van der Waals surface area contributed by atoms with Crippen molar-refractivity contribution in [1.29, 1.82) is 0 Å². The van der Waals surface area contributed by atoms with Gasteiger partial charge in [-0.15, -0.1) is 0 Å². The van der Waals surface area contributed by atoms with Gasteiger partial charge in [-0.1, -0.05) is 65.1 Å². The number of rotatable bonds is 7. The molecule has 2 atom stereocenters. The predicted molar refractivity (Wildman–Crippen MR) is 60.5 cm³/mol. The zero-order chi connectivity index (χ0) is 9.40. The van der Waals surface area contributed by atoms with E-state index in [0.717, 1.165) is 11.7 Å². The summed E-state index contributed by atoms with van der Waals surface area (Å²) in [6.45, 7) is 6.95. The Morgan fingerprint density at radius 3 is 2.08 bits per heavy atom. The molecule has 0 nitrogen and oxygen atoms in total. The Kier molecular flexibility index (Phi) is 7.74. The molecule has 0 radical (unpaired) electrons. The van der Waals surface area contributed by atoms with E-state index in [1.165, 1.54) is 38.5 Å². The molecule has 0 heterocycles. The van der Waals surface area contributed by atoms with Crippen molar-refractivity contribution < 1.29 is 0 Å². The molecular weight excluding hydrogens is 143 g/mol. The van der Waals surface area contributed by atoms with Crippen molar-refractivity contribution in [3.63, 3.8) is 0 Å². The van der Waals surface area contributed by atoms with Gasteiger partial charge in [0.25, 0.3) is 0 Å². The number of hydrogen-bond donors (Lipinski definition) is 0. The Balaban J connectivity index is 3.10. The first-order chi connectivity index (χ1) is 5.70. The molecule has 0 rings (SSSR count). The van der Waals surface area contributed by atoms with Gasteiger partial charge in [0.05, 0.1) is 0 Å². The van der Waals surface area contributed by atoms with Gasteiger partial charge in [0.2, 0.25) is 0 Å². The highest BCUT2D eigenvalue weighted by molar-refractivity contribution is 6.11. The van der Waals surface area contributed by atoms with E-state index < -0.39 is 0 Å². The van der Waals surface area contributed by atoms with Crippen molar-refractivity contribution in [2.24, 2.45) is 5.92 Å². The summed E-state index contributed by atoms with van der Waals surface area (Å²) in [7, 11) is 2.36. The van der Waals surface area contributed by atoms with Crippen LogP contribution in [0.2, 0.25) is 5.82 Å². The molecule has 0 bridgehead atoms. The average Bonchev–Trinajstić information content (AvgIpc) is 2.11. The van der Waals surface area contributed by atoms with E-state index in [2.05, 4.69) is 28.6 Å². The van der Waals surface area contributed by atoms with Crippen molar-refractivity contribution in [3.05, 3.63) is 0 Å². The smallest absolute Gasteiger partial charge is 0.0700 e. The summed E-state index contributed by atoms with van der Waals surface area (Å²) in [5.41, 5.74) is 0. The number of unbranched alkanes of at least 4 members (excludes halogenated alkanes) is 1. The number of hydrogen-bond acceptors (Lipinski definition) is 0. The molecule has 0 fully saturated rings. The summed E-state index contributed by atoms with van der Waals surface area (Å²) < 4.78 is 0. The van der Waals surface area contributed by atoms with Crippen LogP contribution in [0.5, 0.6) is 0 Å². The molecule has 0 amide bonds. The molecule has 0 aromatic rings. The van der Waals surface area contributed by atoms with Gasteiger partial charge in [-0.05, 0) is 5.92 Å². The highest BCUT2D eigenvalue weighted by atomic mass is 14.0. The van der Waals surface area contributed by atoms with E-state index in [1.807, 2.05) is 0 Å². The SMILES string of the molecule is BC(CC)CCCCC(C)CC. The van der Waals surface area contributed by atoms with Gasteiger partial charge < -0.3 is 0 Å². The lowest BCUT2D eigenvalue weighted by Gasteiger charge is -2.10. The largest absolute Gasteiger partial charge is 0.105 e. The Hall–Kier alpha value is 0.0649. The van der Waals surface area contributed by atoms with Gasteiger partial charge in [0.15, 0.2) is 0 Å². The van der Waals surface area contributed by atoms with Crippen LogP contribution in [-0.4, -0.2) is 7.85 Å². The molecule has 0 aliphatic carbocycles. The summed E-state index contributed by atoms with van der Waals surface area (Å²) in [6, 6.07) is 0. The van der Waals surface area contributed by atoms with E-state index in [1.54, 1.807) is 0 Å². The van der Waals surface area contributed by atoms with Crippen LogP contribution >= 0.6 is 0 Å². The van der Waals surface area contributed by atoms with Gasteiger partial charge in [-0.25, -0.2) is 0 Å². The Labute approximate surface area is 79.5 Å². The highest BCUT2D eigenvalue weighted by Crippen LogP contribution is 2.18. The third-order valence-electron chi connectivity index (χ3n) is 3.04. The zero-order valence-electron chi connectivity index (χ0n) is 9.40. The van der Waals surface area contributed by atoms with Crippen molar-refractivity contribution in [3.8, 4) is 0 Å². The second-order valence-corrected chi connectivity index (χ2v) is 4.31. The minimum absolute atomic E-state index is 0.946. The van der Waals surface area contributed by atoms with Gasteiger partial charge in [0, 0.05) is 0 Å². The van der Waals surface area contributed by atoms with Crippen molar-refractivity contribution in [2.75, 3.05) is 0 Å². The summed E-state index contributed by atoms with van der Waals surface area (Å²) >= 11 is 0. The summed E-state index contributed by atoms with van der Waals surface area (Å²) in [6.07, 6.45) is 8.46. The minimum Gasteiger partial charge on any atom is -0.0700 e. The van der Waals surface area contributed by atoms with Crippen LogP contribution in [0.1, 0.15) is 59.3 Å². The third kappa shape index (κ3) is 6.76. The summed E-state index contributed by atoms with van der Waals surface area (Å²) in [4.78, 5) is 0. The van der Waals surface area contributed by atoms with Crippen LogP contribution < -0.4 is 0 Å². The Bertz CT molecular complexity index is 79.0. The molecule has 0 saturated carbocycles. The maximum Gasteiger partial charge on any atom is 0.105 e. The van der Waals surface area contributed by atoms with Crippen LogP contribution in [0.15, 0.2) is 0 Å². The Morgan fingerprint density at radius 1 is 1.00 bits per heavy atom. The molecule has 72 valence electrons. The second-order valence-electron chi connectivity index (χ2n) is 4.31. The topological polar surface area (TPSA) is 0 Å². The molecule has 0 saturated heterocycles. The fourth-order valence-electron chi connectivity index (χ4n) is 1.39. The molecule has 0 spiro atoms. The summed E-state index contributed by atoms with van der Waals surface area (Å²) in [5.74, 6) is 1.89. The fourth-order valence-corrected chi connectivity index (χ4v) is 1.39. The van der Waals surface area contributed by atoms with E-state index in [-0.39, 0.29) is 0 Å². The quantitative estimate of drug-likeness (QED) is 0.403. The van der Waals surface area contributed by atoms with Crippen LogP contribution in [0.4, 0.5) is 0 Å². The van der Waals surface area contributed by atoms with Crippen LogP contribution in [0.25, 0.3) is 0 Å². The van der Waals surface area contributed by atoms with E-state index in [9.17, 15) is 0 Å². The third-order valence-corrected chi connectivity index (χ3v) is 3.04. The first-order valence-electron chi connectivity index (χ1n) is 5.70. The van der Waals surface area contributed by atoms with Gasteiger partial charge in [-0.3, -0.25) is 0 Å². The molecule has 0 aliphatic heterocycles. The second kappa shape index (κ2) is 7.70.